The molecule has 0 radical (unpaired) electrons. The van der Waals surface area contributed by atoms with Crippen LogP contribution in [0.25, 0.3) is 0 Å². The van der Waals surface area contributed by atoms with Crippen molar-refractivity contribution in [1.82, 2.24) is 5.32 Å². The summed E-state index contributed by atoms with van der Waals surface area (Å²) in [4.78, 5) is 1.36. The molecule has 2 rings (SSSR count). The van der Waals surface area contributed by atoms with E-state index in [1.54, 1.807) is 0 Å². The molecule has 102 valence electrons. The van der Waals surface area contributed by atoms with E-state index >= 15 is 0 Å². The third-order valence-corrected chi connectivity index (χ3v) is 5.19. The van der Waals surface area contributed by atoms with E-state index in [1.165, 1.54) is 26.0 Å². The highest BCUT2D eigenvalue weighted by Gasteiger charge is 2.19. The normalized spacial score (nSPS) is 12.6. The summed E-state index contributed by atoms with van der Waals surface area (Å²) in [5.74, 6) is 0. The molecule has 0 spiro atoms. The van der Waals surface area contributed by atoms with Crippen LogP contribution in [0.2, 0.25) is 0 Å². The Morgan fingerprint density at radius 2 is 2.05 bits per heavy atom. The lowest BCUT2D eigenvalue weighted by atomic mass is 9.97. The van der Waals surface area contributed by atoms with Crippen molar-refractivity contribution in [2.45, 2.75) is 33.2 Å². The second-order valence-electron chi connectivity index (χ2n) is 4.88. The molecular weight excluding hydrogens is 318 g/mol. The summed E-state index contributed by atoms with van der Waals surface area (Å²) in [6.45, 7) is 7.58. The molecule has 0 aliphatic rings. The molecule has 0 saturated heterocycles. The third kappa shape index (κ3) is 3.47. The molecule has 1 unspecified atom stereocenters. The average molecular weight is 338 g/mol. The lowest BCUT2D eigenvalue weighted by molar-refractivity contribution is 0.602. The van der Waals surface area contributed by atoms with Gasteiger partial charge in [-0.1, -0.05) is 30.7 Å². The van der Waals surface area contributed by atoms with Crippen LogP contribution in [0, 0.1) is 13.8 Å². The Balaban J connectivity index is 2.42. The first-order valence-corrected chi connectivity index (χ1v) is 8.34. The van der Waals surface area contributed by atoms with Gasteiger partial charge >= 0.3 is 0 Å². The molecule has 1 aromatic heterocycles. The maximum absolute atomic E-state index is 3.68. The lowest BCUT2D eigenvalue weighted by Crippen LogP contribution is -2.23. The van der Waals surface area contributed by atoms with E-state index in [2.05, 4.69) is 71.7 Å². The Morgan fingerprint density at radius 3 is 2.68 bits per heavy atom. The van der Waals surface area contributed by atoms with E-state index in [0.29, 0.717) is 0 Å². The van der Waals surface area contributed by atoms with Gasteiger partial charge in [-0.15, -0.1) is 11.3 Å². The summed E-state index contributed by atoms with van der Waals surface area (Å²) >= 11 is 5.48. The second-order valence-corrected chi connectivity index (χ2v) is 6.68. The summed E-state index contributed by atoms with van der Waals surface area (Å²) in [7, 11) is 0. The smallest absolute Gasteiger partial charge is 0.0685 e. The van der Waals surface area contributed by atoms with Crippen LogP contribution in [-0.2, 0) is 0 Å². The van der Waals surface area contributed by atoms with E-state index in [0.717, 1.165) is 13.0 Å². The summed E-state index contributed by atoms with van der Waals surface area (Å²) in [6, 6.07) is 9.11. The maximum atomic E-state index is 3.68. The van der Waals surface area contributed by atoms with E-state index in [-0.39, 0.29) is 6.04 Å². The molecule has 1 aromatic carbocycles. The number of hydrogen-bond donors (Lipinski definition) is 1. The Hall–Kier alpha value is -0.640. The van der Waals surface area contributed by atoms with Crippen LogP contribution in [0.1, 0.15) is 41.0 Å². The molecule has 2 aromatic rings. The minimum Gasteiger partial charge on any atom is -0.306 e. The highest BCUT2D eigenvalue weighted by molar-refractivity contribution is 9.10. The molecule has 0 amide bonds. The van der Waals surface area contributed by atoms with Crippen LogP contribution < -0.4 is 5.32 Å². The van der Waals surface area contributed by atoms with Crippen LogP contribution in [0.4, 0.5) is 0 Å². The molecule has 19 heavy (non-hydrogen) atoms. The summed E-state index contributed by atoms with van der Waals surface area (Å²) in [5, 5.41) is 5.82. The highest BCUT2D eigenvalue weighted by Crippen LogP contribution is 2.34. The van der Waals surface area contributed by atoms with Gasteiger partial charge in [0.1, 0.15) is 0 Å². The van der Waals surface area contributed by atoms with Gasteiger partial charge in [0.25, 0.3) is 0 Å². The number of aryl methyl sites for hydroxylation is 2. The lowest BCUT2D eigenvalue weighted by Gasteiger charge is -2.21. The molecule has 0 aliphatic heterocycles. The molecule has 1 heterocycles. The van der Waals surface area contributed by atoms with Crippen LogP contribution in [0.15, 0.2) is 34.1 Å². The number of hydrogen-bond acceptors (Lipinski definition) is 2. The van der Waals surface area contributed by atoms with Crippen molar-refractivity contribution in [3.63, 3.8) is 0 Å². The van der Waals surface area contributed by atoms with Crippen molar-refractivity contribution in [3.05, 3.63) is 55.7 Å². The van der Waals surface area contributed by atoms with Gasteiger partial charge in [0.05, 0.1) is 6.04 Å². The van der Waals surface area contributed by atoms with Crippen molar-refractivity contribution in [2.24, 2.45) is 0 Å². The first-order chi connectivity index (χ1) is 9.13. The fourth-order valence-corrected chi connectivity index (χ4v) is 3.91. The fourth-order valence-electron chi connectivity index (χ4n) is 2.21. The van der Waals surface area contributed by atoms with Crippen molar-refractivity contribution >= 4 is 27.3 Å². The van der Waals surface area contributed by atoms with E-state index in [4.69, 9.17) is 0 Å². The van der Waals surface area contributed by atoms with E-state index < -0.39 is 0 Å². The number of rotatable bonds is 5. The first-order valence-electron chi connectivity index (χ1n) is 6.67. The Labute approximate surface area is 128 Å². The summed E-state index contributed by atoms with van der Waals surface area (Å²) in [6.07, 6.45) is 1.14. The van der Waals surface area contributed by atoms with Crippen molar-refractivity contribution in [2.75, 3.05) is 6.54 Å². The van der Waals surface area contributed by atoms with Crippen molar-refractivity contribution in [3.8, 4) is 0 Å². The molecule has 1 nitrogen and oxygen atoms in total. The van der Waals surface area contributed by atoms with Gasteiger partial charge in [0.2, 0.25) is 0 Å². The number of benzene rings is 1. The zero-order valence-electron chi connectivity index (χ0n) is 11.7. The molecular formula is C16H20BrNS. The molecule has 0 aliphatic carbocycles. The molecule has 3 heteroatoms. The fraction of sp³-hybridized carbons (Fsp3) is 0.375. The van der Waals surface area contributed by atoms with Gasteiger partial charge in [0, 0.05) is 9.35 Å². The number of halogens is 1. The average Bonchev–Trinajstić information content (AvgIpc) is 2.80. The van der Waals surface area contributed by atoms with Gasteiger partial charge in [-0.3, -0.25) is 0 Å². The van der Waals surface area contributed by atoms with Crippen LogP contribution in [0.5, 0.6) is 0 Å². The highest BCUT2D eigenvalue weighted by atomic mass is 79.9. The van der Waals surface area contributed by atoms with Gasteiger partial charge in [-0.05, 0) is 65.3 Å². The number of thiophene rings is 1. The standard InChI is InChI=1S/C16H20BrNS/c1-4-8-18-15(16-14(17)7-9-19-16)13-10-11(2)5-6-12(13)3/h5-7,9-10,15,18H,4,8H2,1-3H3. The van der Waals surface area contributed by atoms with Crippen molar-refractivity contribution < 1.29 is 0 Å². The molecule has 0 saturated carbocycles. The van der Waals surface area contributed by atoms with E-state index in [1.807, 2.05) is 11.3 Å². The molecule has 0 fully saturated rings. The first kappa shape index (κ1) is 14.8. The van der Waals surface area contributed by atoms with Gasteiger partial charge in [0.15, 0.2) is 0 Å². The van der Waals surface area contributed by atoms with Crippen molar-refractivity contribution in [1.29, 1.82) is 0 Å². The minimum absolute atomic E-state index is 0.286. The second kappa shape index (κ2) is 6.69. The minimum atomic E-state index is 0.286. The van der Waals surface area contributed by atoms with Crippen LogP contribution >= 0.6 is 27.3 Å². The van der Waals surface area contributed by atoms with Crippen LogP contribution in [-0.4, -0.2) is 6.54 Å². The topological polar surface area (TPSA) is 12.0 Å². The SMILES string of the molecule is CCCNC(c1cc(C)ccc1C)c1sccc1Br. The summed E-state index contributed by atoms with van der Waals surface area (Å²) < 4.78 is 1.20. The quantitative estimate of drug-likeness (QED) is 0.788. The Morgan fingerprint density at radius 1 is 1.26 bits per heavy atom. The predicted octanol–water partition coefficient (Wildman–Crippen LogP) is 5.22. The number of nitrogens with one attached hydrogen (secondary N) is 1. The molecule has 1 N–H and O–H groups in total. The Kier molecular flexibility index (Phi) is 5.20. The van der Waals surface area contributed by atoms with Gasteiger partial charge in [-0.2, -0.15) is 0 Å². The van der Waals surface area contributed by atoms with Gasteiger partial charge in [-0.25, -0.2) is 0 Å². The Bertz CT molecular complexity index is 547. The zero-order chi connectivity index (χ0) is 13.8. The zero-order valence-corrected chi connectivity index (χ0v) is 14.1. The van der Waals surface area contributed by atoms with Gasteiger partial charge < -0.3 is 5.32 Å². The largest absolute Gasteiger partial charge is 0.306 e. The van der Waals surface area contributed by atoms with Crippen LogP contribution in [0.3, 0.4) is 0 Å². The molecule has 1 atom stereocenters. The van der Waals surface area contributed by atoms with E-state index in [9.17, 15) is 0 Å². The third-order valence-electron chi connectivity index (χ3n) is 3.25. The molecule has 0 bridgehead atoms. The monoisotopic (exact) mass is 337 g/mol. The maximum Gasteiger partial charge on any atom is 0.0685 e. The predicted molar refractivity (Wildman–Crippen MR) is 88.1 cm³/mol. The summed E-state index contributed by atoms with van der Waals surface area (Å²) in [5.41, 5.74) is 4.05.